The summed E-state index contributed by atoms with van der Waals surface area (Å²) in [7, 11) is 0. The lowest BCUT2D eigenvalue weighted by molar-refractivity contribution is 0.0889. The Morgan fingerprint density at radius 2 is 0.690 bits per heavy atom. The monoisotopic (exact) mass is 757 g/mol. The lowest BCUT2D eigenvalue weighted by Crippen LogP contribution is -2.59. The molecular formula is C51H47N7. The van der Waals surface area contributed by atoms with E-state index in [0.717, 1.165) is 57.1 Å². The first-order chi connectivity index (χ1) is 28.7. The summed E-state index contributed by atoms with van der Waals surface area (Å²) >= 11 is 0. The molecule has 4 saturated carbocycles. The summed E-state index contributed by atoms with van der Waals surface area (Å²) in [6, 6.07) is 44.8. The second-order valence-electron chi connectivity index (χ2n) is 19.0. The minimum atomic E-state index is 0.632. The first-order valence-electron chi connectivity index (χ1n) is 22.1. The molecular weight excluding hydrogens is 711 g/mol. The van der Waals surface area contributed by atoms with E-state index in [4.69, 9.17) is 15.0 Å². The largest absolute Gasteiger partial charge is 0.365 e. The lowest BCUT2D eigenvalue weighted by Gasteiger charge is -2.58. The van der Waals surface area contributed by atoms with Crippen molar-refractivity contribution < 1.29 is 0 Å². The van der Waals surface area contributed by atoms with Gasteiger partial charge in [0.25, 0.3) is 0 Å². The summed E-state index contributed by atoms with van der Waals surface area (Å²) in [5.74, 6) is 5.65. The van der Waals surface area contributed by atoms with E-state index < -0.39 is 0 Å². The van der Waals surface area contributed by atoms with Crippen molar-refractivity contribution in [2.45, 2.75) is 88.4 Å². The Kier molecular flexibility index (Phi) is 6.64. The lowest BCUT2D eigenvalue weighted by atomic mass is 9.63. The quantitative estimate of drug-likeness (QED) is 0.175. The fourth-order valence-electron chi connectivity index (χ4n) is 13.9. The maximum absolute atomic E-state index is 5.56. The number of benzene rings is 5. The molecule has 4 saturated heterocycles. The van der Waals surface area contributed by atoms with Crippen molar-refractivity contribution in [1.82, 2.24) is 24.1 Å². The van der Waals surface area contributed by atoms with Crippen LogP contribution < -0.4 is 9.80 Å². The van der Waals surface area contributed by atoms with Crippen LogP contribution in [0.2, 0.25) is 0 Å². The Balaban J connectivity index is 1.03. The Labute approximate surface area is 338 Å². The van der Waals surface area contributed by atoms with Gasteiger partial charge in [0, 0.05) is 62.7 Å². The fourth-order valence-corrected chi connectivity index (χ4v) is 13.9. The molecule has 0 atom stereocenters. The summed E-state index contributed by atoms with van der Waals surface area (Å²) in [5.41, 5.74) is 8.26. The molecule has 8 bridgehead atoms. The van der Waals surface area contributed by atoms with Crippen LogP contribution in [-0.4, -0.2) is 48.3 Å². The summed E-state index contributed by atoms with van der Waals surface area (Å²) in [4.78, 5) is 22.3. The molecule has 0 N–H and O–H groups in total. The topological polar surface area (TPSA) is 55.0 Å². The molecule has 0 radical (unpaired) electrons. The van der Waals surface area contributed by atoms with Crippen LogP contribution in [-0.2, 0) is 0 Å². The minimum Gasteiger partial charge on any atom is -0.365 e. The number of nitrogens with zero attached hydrogens (tertiary/aromatic N) is 7. The molecule has 4 aliphatic heterocycles. The van der Waals surface area contributed by atoms with Crippen LogP contribution in [0.1, 0.15) is 64.2 Å². The van der Waals surface area contributed by atoms with Gasteiger partial charge in [0.05, 0.1) is 22.1 Å². The maximum Gasteiger partial charge on any atom is 0.240 e. The summed E-state index contributed by atoms with van der Waals surface area (Å²) in [5, 5.41) is 4.80. The van der Waals surface area contributed by atoms with Gasteiger partial charge in [0.2, 0.25) is 11.9 Å². The highest BCUT2D eigenvalue weighted by Crippen LogP contribution is 2.54. The number of anilines is 2. The molecule has 3 aromatic heterocycles. The first-order valence-corrected chi connectivity index (χ1v) is 22.1. The van der Waals surface area contributed by atoms with Crippen LogP contribution in [0, 0.1) is 23.7 Å². The SMILES string of the molecule is c1ccc2c(c1)c1ccccc1n2-c1nc(-c2cc(N3C4CC5CC(C4)CC3C5)cc(N3C4CC5CC(C4)CC3C5)c2)nc(-n2c3ccccc3c3ccccc32)n1. The van der Waals surface area contributed by atoms with Crippen LogP contribution in [0.3, 0.4) is 0 Å². The standard InChI is InChI=1S/C51H47N7/c1-5-13-45-41(9-1)42-10-2-6-14-46(42)57(45)50-52-49(53-51(54-50)58-47-15-7-3-11-43(47)44-12-4-8-16-48(44)58)34-27-39(55-35-19-30-17-31(21-35)22-36(55)20-30)29-40(28-34)56-37-23-32-18-33(25-37)26-38(56)24-32/h1-16,27-33,35-38H,17-26H2. The zero-order chi connectivity index (χ0) is 37.6. The van der Waals surface area contributed by atoms with E-state index in [9.17, 15) is 0 Å². The van der Waals surface area contributed by atoms with Crippen molar-refractivity contribution in [3.63, 3.8) is 0 Å². The van der Waals surface area contributed by atoms with E-state index in [0.29, 0.717) is 36.1 Å². The van der Waals surface area contributed by atoms with Gasteiger partial charge in [-0.15, -0.1) is 0 Å². The number of aromatic nitrogens is 5. The third-order valence-electron chi connectivity index (χ3n) is 15.7. The molecule has 8 aromatic rings. The van der Waals surface area contributed by atoms with E-state index in [1.165, 1.54) is 97.1 Å². The molecule has 16 rings (SSSR count). The Hall–Kier alpha value is -5.69. The molecule has 0 spiro atoms. The molecule has 0 unspecified atom stereocenters. The highest BCUT2D eigenvalue weighted by atomic mass is 15.3. The Morgan fingerprint density at radius 3 is 1.03 bits per heavy atom. The average molecular weight is 758 g/mol. The van der Waals surface area contributed by atoms with Gasteiger partial charge in [-0.25, -0.2) is 0 Å². The van der Waals surface area contributed by atoms with Gasteiger partial charge in [-0.3, -0.25) is 9.13 Å². The average Bonchev–Trinajstić information content (AvgIpc) is 3.76. The van der Waals surface area contributed by atoms with Gasteiger partial charge in [-0.05, 0) is 130 Å². The van der Waals surface area contributed by atoms with Crippen LogP contribution in [0.25, 0.3) is 66.9 Å². The van der Waals surface area contributed by atoms with Crippen molar-refractivity contribution in [2.24, 2.45) is 23.7 Å². The third-order valence-corrected chi connectivity index (χ3v) is 15.7. The zero-order valence-corrected chi connectivity index (χ0v) is 32.8. The van der Waals surface area contributed by atoms with Crippen LogP contribution in [0.5, 0.6) is 0 Å². The molecule has 8 aliphatic rings. The molecule has 286 valence electrons. The summed E-state index contributed by atoms with van der Waals surface area (Å²) in [6.07, 6.45) is 13.6. The molecule has 0 amide bonds. The van der Waals surface area contributed by atoms with Gasteiger partial charge in [0.15, 0.2) is 5.82 Å². The number of piperidine rings is 4. The third kappa shape index (κ3) is 4.64. The van der Waals surface area contributed by atoms with Crippen molar-refractivity contribution in [1.29, 1.82) is 0 Å². The zero-order valence-electron chi connectivity index (χ0n) is 32.8. The molecule has 7 nitrogen and oxygen atoms in total. The van der Waals surface area contributed by atoms with E-state index in [1.807, 2.05) is 0 Å². The van der Waals surface area contributed by atoms with Crippen molar-refractivity contribution in [3.05, 3.63) is 115 Å². The molecule has 7 heterocycles. The second-order valence-corrected chi connectivity index (χ2v) is 19.0. The minimum absolute atomic E-state index is 0.632. The second kappa shape index (κ2) is 11.9. The van der Waals surface area contributed by atoms with Gasteiger partial charge in [0.1, 0.15) is 0 Å². The van der Waals surface area contributed by atoms with E-state index >= 15 is 0 Å². The summed E-state index contributed by atoms with van der Waals surface area (Å²) < 4.78 is 4.53. The first kappa shape index (κ1) is 32.3. The molecule has 4 aliphatic carbocycles. The highest BCUT2D eigenvalue weighted by Gasteiger charge is 2.49. The van der Waals surface area contributed by atoms with E-state index in [-0.39, 0.29) is 0 Å². The van der Waals surface area contributed by atoms with Crippen molar-refractivity contribution in [2.75, 3.05) is 9.80 Å². The van der Waals surface area contributed by atoms with Gasteiger partial charge >= 0.3 is 0 Å². The Bertz CT molecular complexity index is 2620. The van der Waals surface area contributed by atoms with Gasteiger partial charge in [-0.1, -0.05) is 72.8 Å². The highest BCUT2D eigenvalue weighted by molar-refractivity contribution is 6.10. The number of hydrogen-bond acceptors (Lipinski definition) is 5. The molecule has 7 heteroatoms. The normalized spacial score (nSPS) is 28.3. The van der Waals surface area contributed by atoms with Crippen molar-refractivity contribution >= 4 is 55.0 Å². The summed E-state index contributed by atoms with van der Waals surface area (Å²) in [6.45, 7) is 0. The van der Waals surface area contributed by atoms with E-state index in [2.05, 4.69) is 134 Å². The molecule has 8 fully saturated rings. The number of hydrogen-bond donors (Lipinski definition) is 0. The maximum atomic E-state index is 5.56. The predicted molar refractivity (Wildman–Crippen MR) is 234 cm³/mol. The van der Waals surface area contributed by atoms with Crippen LogP contribution in [0.15, 0.2) is 115 Å². The smallest absolute Gasteiger partial charge is 0.240 e. The van der Waals surface area contributed by atoms with Crippen molar-refractivity contribution in [3.8, 4) is 23.3 Å². The molecule has 58 heavy (non-hydrogen) atoms. The van der Waals surface area contributed by atoms with Crippen LogP contribution in [0.4, 0.5) is 11.4 Å². The number of fused-ring (bicyclic) bond motifs is 6. The predicted octanol–water partition coefficient (Wildman–Crippen LogP) is 11.3. The number of rotatable bonds is 5. The fraction of sp³-hybridized carbons (Fsp3) is 0.353. The number of para-hydroxylation sites is 4. The van der Waals surface area contributed by atoms with Gasteiger partial charge in [-0.2, -0.15) is 15.0 Å². The van der Waals surface area contributed by atoms with Gasteiger partial charge < -0.3 is 9.80 Å². The van der Waals surface area contributed by atoms with Crippen LogP contribution >= 0.6 is 0 Å². The molecule has 5 aromatic carbocycles. The Morgan fingerprint density at radius 1 is 0.362 bits per heavy atom. The van der Waals surface area contributed by atoms with E-state index in [1.54, 1.807) is 0 Å².